The van der Waals surface area contributed by atoms with Gasteiger partial charge in [-0.2, -0.15) is 5.26 Å². The summed E-state index contributed by atoms with van der Waals surface area (Å²) in [7, 11) is 0. The average molecular weight is 361 g/mol. The van der Waals surface area contributed by atoms with Crippen molar-refractivity contribution < 1.29 is 9.59 Å². The van der Waals surface area contributed by atoms with Crippen LogP contribution in [0, 0.1) is 17.2 Å². The number of likely N-dealkylation sites (tertiary alicyclic amines) is 1. The van der Waals surface area contributed by atoms with Crippen LogP contribution in [-0.4, -0.2) is 29.8 Å². The number of aryl methyl sites for hydroxylation is 1. The number of rotatable bonds is 5. The second-order valence-electron chi connectivity index (χ2n) is 6.86. The summed E-state index contributed by atoms with van der Waals surface area (Å²) < 4.78 is 0. The molecule has 1 aliphatic heterocycles. The number of hydrogen-bond donors (Lipinski definition) is 1. The number of nitrogens with zero attached hydrogens (tertiary/aromatic N) is 2. The van der Waals surface area contributed by atoms with Crippen LogP contribution in [0.2, 0.25) is 0 Å². The Morgan fingerprint density at radius 2 is 1.85 bits per heavy atom. The third-order valence-corrected chi connectivity index (χ3v) is 4.93. The van der Waals surface area contributed by atoms with Crippen molar-refractivity contribution in [2.45, 2.75) is 25.7 Å². The second kappa shape index (κ2) is 9.00. The number of nitriles is 1. The van der Waals surface area contributed by atoms with Gasteiger partial charge in [-0.05, 0) is 49.1 Å². The number of anilines is 1. The highest BCUT2D eigenvalue weighted by Crippen LogP contribution is 2.21. The third kappa shape index (κ3) is 5.18. The standard InChI is InChI=1S/C22H23N3O2/c23-15-18-8-11-20(12-9-18)24-22(27)25-14-4-7-19(16-25)21(26)13-10-17-5-2-1-3-6-17/h1-3,5-6,8-9,11-12,19H,4,7,10,13-14,16H2,(H,24,27)/t19-/m1/s1. The molecule has 0 spiro atoms. The molecule has 0 saturated carbocycles. The van der Waals surface area contributed by atoms with Gasteiger partial charge in [-0.15, -0.1) is 0 Å². The summed E-state index contributed by atoms with van der Waals surface area (Å²) in [5.74, 6) is 0.143. The lowest BCUT2D eigenvalue weighted by Crippen LogP contribution is -2.44. The molecule has 3 rings (SSSR count). The maximum atomic E-state index is 12.6. The highest BCUT2D eigenvalue weighted by molar-refractivity contribution is 5.90. The molecule has 1 N–H and O–H groups in total. The van der Waals surface area contributed by atoms with Crippen molar-refractivity contribution in [2.24, 2.45) is 5.92 Å². The van der Waals surface area contributed by atoms with Crippen molar-refractivity contribution in [3.63, 3.8) is 0 Å². The van der Waals surface area contributed by atoms with Gasteiger partial charge >= 0.3 is 6.03 Å². The number of nitrogens with one attached hydrogen (secondary N) is 1. The summed E-state index contributed by atoms with van der Waals surface area (Å²) in [6.45, 7) is 1.13. The van der Waals surface area contributed by atoms with Crippen LogP contribution in [0.1, 0.15) is 30.4 Å². The molecule has 138 valence electrons. The molecule has 2 aromatic carbocycles. The summed E-state index contributed by atoms with van der Waals surface area (Å²) in [5, 5.41) is 11.7. The monoisotopic (exact) mass is 361 g/mol. The highest BCUT2D eigenvalue weighted by atomic mass is 16.2. The molecule has 1 atom stereocenters. The first-order valence-electron chi connectivity index (χ1n) is 9.28. The minimum absolute atomic E-state index is 0.0887. The Balaban J connectivity index is 1.52. The molecule has 1 saturated heterocycles. The lowest BCUT2D eigenvalue weighted by atomic mass is 9.91. The van der Waals surface area contributed by atoms with E-state index in [0.717, 1.165) is 24.8 Å². The SMILES string of the molecule is N#Cc1ccc(NC(=O)N2CCC[C@@H](C(=O)CCc3ccccc3)C2)cc1. The van der Waals surface area contributed by atoms with E-state index in [1.807, 2.05) is 30.3 Å². The first kappa shape index (κ1) is 18.7. The van der Waals surface area contributed by atoms with E-state index in [1.165, 1.54) is 0 Å². The zero-order valence-electron chi connectivity index (χ0n) is 15.2. The first-order chi connectivity index (χ1) is 13.2. The summed E-state index contributed by atoms with van der Waals surface area (Å²) in [6, 6.07) is 18.6. The van der Waals surface area contributed by atoms with Crippen LogP contribution in [0.25, 0.3) is 0 Å². The maximum absolute atomic E-state index is 12.6. The average Bonchev–Trinajstić information content (AvgIpc) is 2.73. The Kier molecular flexibility index (Phi) is 6.22. The maximum Gasteiger partial charge on any atom is 0.321 e. The van der Waals surface area contributed by atoms with E-state index in [4.69, 9.17) is 5.26 Å². The predicted octanol–water partition coefficient (Wildman–Crippen LogP) is 4.00. The molecular weight excluding hydrogens is 338 g/mol. The quantitative estimate of drug-likeness (QED) is 0.875. The number of urea groups is 1. The lowest BCUT2D eigenvalue weighted by molar-refractivity contribution is -0.124. The van der Waals surface area contributed by atoms with E-state index in [-0.39, 0.29) is 17.7 Å². The van der Waals surface area contributed by atoms with Crippen molar-refractivity contribution in [1.29, 1.82) is 5.26 Å². The van der Waals surface area contributed by atoms with Crippen LogP contribution in [0.4, 0.5) is 10.5 Å². The summed E-state index contributed by atoms with van der Waals surface area (Å²) >= 11 is 0. The third-order valence-electron chi connectivity index (χ3n) is 4.93. The first-order valence-corrected chi connectivity index (χ1v) is 9.28. The van der Waals surface area contributed by atoms with Gasteiger partial charge < -0.3 is 10.2 Å². The molecule has 2 aromatic rings. The number of benzene rings is 2. The van der Waals surface area contributed by atoms with Gasteiger partial charge in [0.05, 0.1) is 11.6 Å². The van der Waals surface area contributed by atoms with Crippen LogP contribution in [0.15, 0.2) is 54.6 Å². The number of ketones is 1. The number of carbonyl (C=O) groups is 2. The normalized spacial score (nSPS) is 16.4. The fourth-order valence-electron chi connectivity index (χ4n) is 3.37. The van der Waals surface area contributed by atoms with Crippen LogP contribution >= 0.6 is 0 Å². The van der Waals surface area contributed by atoms with Crippen LogP contribution < -0.4 is 5.32 Å². The predicted molar refractivity (Wildman–Crippen MR) is 104 cm³/mol. The topological polar surface area (TPSA) is 73.2 Å². The molecule has 0 radical (unpaired) electrons. The number of hydrogen-bond acceptors (Lipinski definition) is 3. The van der Waals surface area contributed by atoms with Gasteiger partial charge in [0.25, 0.3) is 0 Å². The molecule has 27 heavy (non-hydrogen) atoms. The molecule has 1 aliphatic rings. The largest absolute Gasteiger partial charge is 0.324 e. The van der Waals surface area contributed by atoms with E-state index in [2.05, 4.69) is 11.4 Å². The Bertz CT molecular complexity index is 825. The molecule has 0 aromatic heterocycles. The van der Waals surface area contributed by atoms with E-state index < -0.39 is 0 Å². The van der Waals surface area contributed by atoms with Gasteiger partial charge in [0.2, 0.25) is 0 Å². The van der Waals surface area contributed by atoms with Gasteiger partial charge in [0.15, 0.2) is 0 Å². The molecule has 0 unspecified atom stereocenters. The highest BCUT2D eigenvalue weighted by Gasteiger charge is 2.28. The number of amides is 2. The Labute approximate surface area is 159 Å². The van der Waals surface area contributed by atoms with Gasteiger partial charge in [-0.1, -0.05) is 30.3 Å². The Hall–Kier alpha value is -3.13. The molecule has 2 amide bonds. The van der Waals surface area contributed by atoms with Gasteiger partial charge in [-0.25, -0.2) is 4.79 Å². The molecule has 0 aliphatic carbocycles. The minimum atomic E-state index is -0.194. The van der Waals surface area contributed by atoms with Crippen molar-refractivity contribution in [3.8, 4) is 6.07 Å². The fraction of sp³-hybridized carbons (Fsp3) is 0.318. The van der Waals surface area contributed by atoms with Crippen molar-refractivity contribution in [3.05, 3.63) is 65.7 Å². The molecule has 5 heteroatoms. The number of carbonyl (C=O) groups excluding carboxylic acids is 2. The fourth-order valence-corrected chi connectivity index (χ4v) is 3.37. The molecule has 5 nitrogen and oxygen atoms in total. The van der Waals surface area contributed by atoms with Gasteiger partial charge in [-0.3, -0.25) is 4.79 Å². The Morgan fingerprint density at radius 1 is 1.11 bits per heavy atom. The van der Waals surface area contributed by atoms with Crippen molar-refractivity contribution in [1.82, 2.24) is 4.90 Å². The molecule has 0 bridgehead atoms. The van der Waals surface area contributed by atoms with Crippen LogP contribution in [0.3, 0.4) is 0 Å². The zero-order chi connectivity index (χ0) is 19.1. The van der Waals surface area contributed by atoms with E-state index >= 15 is 0 Å². The minimum Gasteiger partial charge on any atom is -0.324 e. The summed E-state index contributed by atoms with van der Waals surface area (Å²) in [5.41, 5.74) is 2.36. The van der Waals surface area contributed by atoms with E-state index in [9.17, 15) is 9.59 Å². The second-order valence-corrected chi connectivity index (χ2v) is 6.86. The van der Waals surface area contributed by atoms with Gasteiger partial charge in [0, 0.05) is 31.1 Å². The van der Waals surface area contributed by atoms with Crippen molar-refractivity contribution >= 4 is 17.5 Å². The molecular formula is C22H23N3O2. The smallest absolute Gasteiger partial charge is 0.321 e. The molecule has 1 fully saturated rings. The van der Waals surface area contributed by atoms with E-state index in [0.29, 0.717) is 30.8 Å². The summed E-state index contributed by atoms with van der Waals surface area (Å²) in [4.78, 5) is 26.8. The number of piperidine rings is 1. The van der Waals surface area contributed by atoms with Crippen molar-refractivity contribution in [2.75, 3.05) is 18.4 Å². The summed E-state index contributed by atoms with van der Waals surface area (Å²) in [6.07, 6.45) is 2.93. The zero-order valence-corrected chi connectivity index (χ0v) is 15.2. The number of Topliss-reactive ketones (excluding diaryl/α,β-unsaturated/α-hetero) is 1. The Morgan fingerprint density at radius 3 is 2.56 bits per heavy atom. The van der Waals surface area contributed by atoms with E-state index in [1.54, 1.807) is 29.2 Å². The van der Waals surface area contributed by atoms with Crippen LogP contribution in [-0.2, 0) is 11.2 Å². The van der Waals surface area contributed by atoms with Crippen LogP contribution in [0.5, 0.6) is 0 Å². The molecule has 1 heterocycles. The van der Waals surface area contributed by atoms with Gasteiger partial charge in [0.1, 0.15) is 5.78 Å². The lowest BCUT2D eigenvalue weighted by Gasteiger charge is -2.32.